The van der Waals surface area contributed by atoms with Crippen molar-refractivity contribution in [2.75, 3.05) is 17.7 Å². The summed E-state index contributed by atoms with van der Waals surface area (Å²) in [5.41, 5.74) is 5.95. The molecule has 34 heavy (non-hydrogen) atoms. The summed E-state index contributed by atoms with van der Waals surface area (Å²) in [6, 6.07) is 30.3. The van der Waals surface area contributed by atoms with Gasteiger partial charge < -0.3 is 15.4 Å². The lowest BCUT2D eigenvalue weighted by Gasteiger charge is -2.13. The van der Waals surface area contributed by atoms with Crippen molar-refractivity contribution in [1.82, 2.24) is 14.6 Å². The first-order valence-corrected chi connectivity index (χ1v) is 10.8. The van der Waals surface area contributed by atoms with Crippen LogP contribution in [0.3, 0.4) is 0 Å². The van der Waals surface area contributed by atoms with Gasteiger partial charge in [-0.1, -0.05) is 54.6 Å². The number of hydrogen-bond donors (Lipinski definition) is 2. The van der Waals surface area contributed by atoms with Crippen LogP contribution in [0.25, 0.3) is 16.8 Å². The van der Waals surface area contributed by atoms with Gasteiger partial charge in [0.05, 0.1) is 19.0 Å². The van der Waals surface area contributed by atoms with Crippen molar-refractivity contribution in [1.29, 1.82) is 5.26 Å². The molecule has 0 saturated heterocycles. The van der Waals surface area contributed by atoms with Crippen LogP contribution in [-0.4, -0.2) is 21.7 Å². The third-order valence-corrected chi connectivity index (χ3v) is 5.47. The minimum absolute atomic E-state index is 0.365. The monoisotopic (exact) mass is 446 g/mol. The molecule has 0 aliphatic rings. The lowest BCUT2D eigenvalue weighted by molar-refractivity contribution is 0.414. The van der Waals surface area contributed by atoms with Gasteiger partial charge in [-0.2, -0.15) is 9.78 Å². The maximum absolute atomic E-state index is 9.51. The van der Waals surface area contributed by atoms with Gasteiger partial charge in [0.25, 0.3) is 0 Å². The number of anilines is 3. The fourth-order valence-corrected chi connectivity index (χ4v) is 3.73. The molecule has 2 N–H and O–H groups in total. The van der Waals surface area contributed by atoms with Gasteiger partial charge in [0, 0.05) is 18.3 Å². The molecule has 5 rings (SSSR count). The Labute approximate surface area is 197 Å². The van der Waals surface area contributed by atoms with Gasteiger partial charge in [0.15, 0.2) is 17.2 Å². The van der Waals surface area contributed by atoms with Crippen molar-refractivity contribution < 1.29 is 4.74 Å². The molecule has 0 fully saturated rings. The highest BCUT2D eigenvalue weighted by atomic mass is 16.5. The van der Waals surface area contributed by atoms with Crippen LogP contribution in [0.2, 0.25) is 0 Å². The quantitative estimate of drug-likeness (QED) is 0.337. The molecular formula is C27H22N6O. The molecule has 7 heteroatoms. The van der Waals surface area contributed by atoms with Crippen molar-refractivity contribution in [2.24, 2.45) is 0 Å². The summed E-state index contributed by atoms with van der Waals surface area (Å²) in [6.07, 6.45) is 1.53. The number of nitrogens with zero attached hydrogens (tertiary/aromatic N) is 4. The first-order chi connectivity index (χ1) is 16.7. The zero-order valence-electron chi connectivity index (χ0n) is 18.6. The van der Waals surface area contributed by atoms with E-state index in [0.29, 0.717) is 23.7 Å². The van der Waals surface area contributed by atoms with E-state index in [9.17, 15) is 5.26 Å². The molecule has 2 aromatic heterocycles. The first-order valence-electron chi connectivity index (χ1n) is 10.8. The number of benzene rings is 3. The van der Waals surface area contributed by atoms with E-state index >= 15 is 0 Å². The number of rotatable bonds is 7. The molecule has 166 valence electrons. The molecule has 7 nitrogen and oxygen atoms in total. The van der Waals surface area contributed by atoms with Gasteiger partial charge in [0.1, 0.15) is 11.8 Å². The molecule has 0 atom stereocenters. The van der Waals surface area contributed by atoms with Gasteiger partial charge >= 0.3 is 0 Å². The highest BCUT2D eigenvalue weighted by Gasteiger charge is 2.12. The molecule has 0 radical (unpaired) electrons. The standard InChI is InChI=1S/C27H22N6O/c1-34-24-12-10-19(11-13-24)17-29-25-15-26(32-33-23(16-28)18-30-27(25)33)31-22-9-5-8-21(14-22)20-6-3-2-4-7-20/h2-15,18,29H,17H2,1H3,(H,31,32). The highest BCUT2D eigenvalue weighted by Crippen LogP contribution is 2.27. The van der Waals surface area contributed by atoms with Crippen molar-refractivity contribution >= 4 is 22.8 Å². The summed E-state index contributed by atoms with van der Waals surface area (Å²) in [5, 5.41) is 20.9. The van der Waals surface area contributed by atoms with Gasteiger partial charge in [-0.15, -0.1) is 5.10 Å². The van der Waals surface area contributed by atoms with Crippen LogP contribution in [0.5, 0.6) is 5.75 Å². The molecule has 0 aliphatic carbocycles. The van der Waals surface area contributed by atoms with Crippen molar-refractivity contribution in [2.45, 2.75) is 6.54 Å². The Hall–Kier alpha value is -4.83. The minimum atomic E-state index is 0.365. The number of imidazole rings is 1. The lowest BCUT2D eigenvalue weighted by atomic mass is 10.1. The third-order valence-electron chi connectivity index (χ3n) is 5.47. The molecular weight excluding hydrogens is 424 g/mol. The summed E-state index contributed by atoms with van der Waals surface area (Å²) in [4.78, 5) is 4.40. The van der Waals surface area contributed by atoms with Crippen molar-refractivity contribution in [3.63, 3.8) is 0 Å². The molecule has 3 aromatic carbocycles. The number of nitrogens with one attached hydrogen (secondary N) is 2. The lowest BCUT2D eigenvalue weighted by Crippen LogP contribution is -2.06. The summed E-state index contributed by atoms with van der Waals surface area (Å²) < 4.78 is 6.79. The van der Waals surface area contributed by atoms with Crippen LogP contribution in [-0.2, 0) is 6.54 Å². The van der Waals surface area contributed by atoms with Crippen LogP contribution in [0.15, 0.2) is 91.1 Å². The van der Waals surface area contributed by atoms with Gasteiger partial charge in [-0.3, -0.25) is 0 Å². The Morgan fingerprint density at radius 3 is 2.50 bits per heavy atom. The zero-order valence-corrected chi connectivity index (χ0v) is 18.6. The van der Waals surface area contributed by atoms with Crippen molar-refractivity contribution in [3.05, 3.63) is 102 Å². The number of nitriles is 1. The summed E-state index contributed by atoms with van der Waals surface area (Å²) >= 11 is 0. The normalized spacial score (nSPS) is 10.6. The smallest absolute Gasteiger partial charge is 0.178 e. The number of methoxy groups -OCH3 is 1. The Morgan fingerprint density at radius 1 is 0.941 bits per heavy atom. The van der Waals surface area contributed by atoms with Gasteiger partial charge in [-0.05, 0) is 41.0 Å². The number of fused-ring (bicyclic) bond motifs is 1. The molecule has 0 unspecified atom stereocenters. The van der Waals surface area contributed by atoms with Crippen LogP contribution in [0.1, 0.15) is 11.3 Å². The van der Waals surface area contributed by atoms with Crippen LogP contribution in [0, 0.1) is 11.3 Å². The maximum atomic E-state index is 9.51. The summed E-state index contributed by atoms with van der Waals surface area (Å²) in [7, 11) is 1.65. The van der Waals surface area contributed by atoms with E-state index in [0.717, 1.165) is 33.8 Å². The van der Waals surface area contributed by atoms with E-state index in [2.05, 4.69) is 51.1 Å². The second-order valence-electron chi connectivity index (χ2n) is 7.71. The molecule has 0 saturated carbocycles. The van der Waals surface area contributed by atoms with E-state index in [1.807, 2.05) is 60.7 Å². The Bertz CT molecular complexity index is 1470. The van der Waals surface area contributed by atoms with Crippen LogP contribution in [0.4, 0.5) is 17.2 Å². The van der Waals surface area contributed by atoms with Gasteiger partial charge in [0.2, 0.25) is 0 Å². The van der Waals surface area contributed by atoms with E-state index < -0.39 is 0 Å². The fourth-order valence-electron chi connectivity index (χ4n) is 3.73. The predicted octanol–water partition coefficient (Wildman–Crippen LogP) is 5.63. The highest BCUT2D eigenvalue weighted by molar-refractivity contribution is 5.75. The van der Waals surface area contributed by atoms with E-state index in [1.165, 1.54) is 6.20 Å². The molecule has 0 amide bonds. The molecule has 5 aromatic rings. The Balaban J connectivity index is 1.45. The predicted molar refractivity (Wildman–Crippen MR) is 133 cm³/mol. The fraction of sp³-hybridized carbons (Fsp3) is 0.0741. The van der Waals surface area contributed by atoms with Gasteiger partial charge in [-0.25, -0.2) is 4.98 Å². The largest absolute Gasteiger partial charge is 0.497 e. The van der Waals surface area contributed by atoms with E-state index in [1.54, 1.807) is 11.6 Å². The summed E-state index contributed by atoms with van der Waals surface area (Å²) in [5.74, 6) is 1.41. The average molecular weight is 447 g/mol. The topological polar surface area (TPSA) is 87.3 Å². The molecule has 2 heterocycles. The SMILES string of the molecule is COc1ccc(CNc2cc(Nc3cccc(-c4ccccc4)c3)nn3c(C#N)cnc23)cc1. The third kappa shape index (κ3) is 4.38. The second kappa shape index (κ2) is 9.35. The number of ether oxygens (including phenoxy) is 1. The van der Waals surface area contributed by atoms with Crippen LogP contribution >= 0.6 is 0 Å². The Kier molecular flexibility index (Phi) is 5.78. The molecule has 0 spiro atoms. The summed E-state index contributed by atoms with van der Waals surface area (Å²) in [6.45, 7) is 0.585. The van der Waals surface area contributed by atoms with Crippen LogP contribution < -0.4 is 15.4 Å². The number of hydrogen-bond acceptors (Lipinski definition) is 6. The maximum Gasteiger partial charge on any atom is 0.178 e. The first kappa shape index (κ1) is 21.0. The second-order valence-corrected chi connectivity index (χ2v) is 7.71. The van der Waals surface area contributed by atoms with E-state index in [-0.39, 0.29) is 0 Å². The zero-order chi connectivity index (χ0) is 23.3. The minimum Gasteiger partial charge on any atom is -0.497 e. The molecule has 0 aliphatic heterocycles. The molecule has 0 bridgehead atoms. The van der Waals surface area contributed by atoms with Crippen molar-refractivity contribution in [3.8, 4) is 22.9 Å². The average Bonchev–Trinajstić information content (AvgIpc) is 3.31. The van der Waals surface area contributed by atoms with E-state index in [4.69, 9.17) is 4.74 Å². The number of aromatic nitrogens is 3. The Morgan fingerprint density at radius 2 is 1.74 bits per heavy atom.